The van der Waals surface area contributed by atoms with Gasteiger partial charge in [0.25, 0.3) is 5.91 Å². The van der Waals surface area contributed by atoms with Crippen molar-refractivity contribution in [1.82, 2.24) is 19.7 Å². The Balaban J connectivity index is 1.78. The Labute approximate surface area is 139 Å². The standard InChI is InChI=1S/C17H18N4OS/c1-12-8-9-23-16(12)17(22)20(3)13(2)14-4-6-15(7-5-14)21-11-18-10-19-21/h4-11,13H,1-3H3. The molecule has 5 nitrogen and oxygen atoms in total. The van der Waals surface area contributed by atoms with E-state index < -0.39 is 0 Å². The Bertz CT molecular complexity index is 792. The van der Waals surface area contributed by atoms with E-state index in [4.69, 9.17) is 0 Å². The number of aryl methyl sites for hydroxylation is 1. The molecule has 3 rings (SSSR count). The van der Waals surface area contributed by atoms with Crippen molar-refractivity contribution in [1.29, 1.82) is 0 Å². The first-order valence-electron chi connectivity index (χ1n) is 7.34. The lowest BCUT2D eigenvalue weighted by Gasteiger charge is -2.25. The highest BCUT2D eigenvalue weighted by Crippen LogP contribution is 2.25. The molecule has 23 heavy (non-hydrogen) atoms. The van der Waals surface area contributed by atoms with Crippen LogP contribution in [0.25, 0.3) is 5.69 Å². The first-order chi connectivity index (χ1) is 11.1. The molecular weight excluding hydrogens is 308 g/mol. The Morgan fingerprint density at radius 2 is 2.00 bits per heavy atom. The lowest BCUT2D eigenvalue weighted by atomic mass is 10.1. The molecule has 0 aliphatic carbocycles. The number of hydrogen-bond donors (Lipinski definition) is 0. The van der Waals surface area contributed by atoms with E-state index in [1.807, 2.05) is 56.6 Å². The minimum Gasteiger partial charge on any atom is -0.334 e. The number of benzene rings is 1. The van der Waals surface area contributed by atoms with Crippen molar-refractivity contribution in [3.63, 3.8) is 0 Å². The number of carbonyl (C=O) groups is 1. The molecule has 3 aromatic rings. The molecular formula is C17H18N4OS. The second-order valence-electron chi connectivity index (χ2n) is 5.46. The molecule has 2 aromatic heterocycles. The van der Waals surface area contributed by atoms with Crippen LogP contribution in [0.2, 0.25) is 0 Å². The predicted molar refractivity (Wildman–Crippen MR) is 90.9 cm³/mol. The van der Waals surface area contributed by atoms with Crippen molar-refractivity contribution >= 4 is 17.2 Å². The maximum absolute atomic E-state index is 12.6. The minimum absolute atomic E-state index is 0.00574. The summed E-state index contributed by atoms with van der Waals surface area (Å²) in [6, 6.07) is 9.97. The molecule has 118 valence electrons. The van der Waals surface area contributed by atoms with Crippen LogP contribution < -0.4 is 0 Å². The fourth-order valence-electron chi connectivity index (χ4n) is 2.40. The van der Waals surface area contributed by atoms with Gasteiger partial charge in [0.2, 0.25) is 0 Å². The van der Waals surface area contributed by atoms with Crippen LogP contribution in [0.3, 0.4) is 0 Å². The molecule has 1 unspecified atom stereocenters. The molecule has 0 bridgehead atoms. The highest BCUT2D eigenvalue weighted by atomic mass is 32.1. The summed E-state index contributed by atoms with van der Waals surface area (Å²) in [5.74, 6) is 0.0605. The Hall–Kier alpha value is -2.47. The van der Waals surface area contributed by atoms with Gasteiger partial charge < -0.3 is 4.90 Å². The summed E-state index contributed by atoms with van der Waals surface area (Å²) in [4.78, 5) is 19.1. The third-order valence-corrected chi connectivity index (χ3v) is 5.02. The molecule has 0 spiro atoms. The molecule has 0 aliphatic rings. The molecule has 0 fully saturated rings. The summed E-state index contributed by atoms with van der Waals surface area (Å²) >= 11 is 1.49. The van der Waals surface area contributed by atoms with Gasteiger partial charge in [-0.1, -0.05) is 12.1 Å². The van der Waals surface area contributed by atoms with E-state index in [9.17, 15) is 4.79 Å². The molecule has 0 saturated carbocycles. The quantitative estimate of drug-likeness (QED) is 0.737. The van der Waals surface area contributed by atoms with Gasteiger partial charge >= 0.3 is 0 Å². The van der Waals surface area contributed by atoms with E-state index in [0.29, 0.717) is 0 Å². The number of carbonyl (C=O) groups excluding carboxylic acids is 1. The van der Waals surface area contributed by atoms with Gasteiger partial charge in [0.15, 0.2) is 0 Å². The lowest BCUT2D eigenvalue weighted by Crippen LogP contribution is -2.29. The zero-order chi connectivity index (χ0) is 16.4. The van der Waals surface area contributed by atoms with Crippen LogP contribution in [0.1, 0.15) is 33.8 Å². The first kappa shape index (κ1) is 15.4. The smallest absolute Gasteiger partial charge is 0.264 e. The molecule has 1 aromatic carbocycles. The number of hydrogen-bond acceptors (Lipinski definition) is 4. The highest BCUT2D eigenvalue weighted by Gasteiger charge is 2.21. The monoisotopic (exact) mass is 326 g/mol. The van der Waals surface area contributed by atoms with Crippen LogP contribution in [-0.2, 0) is 0 Å². The maximum atomic E-state index is 12.6. The second kappa shape index (κ2) is 6.34. The van der Waals surface area contributed by atoms with Gasteiger partial charge in [-0.2, -0.15) is 5.10 Å². The van der Waals surface area contributed by atoms with E-state index in [0.717, 1.165) is 21.7 Å². The third kappa shape index (κ3) is 3.03. The second-order valence-corrected chi connectivity index (χ2v) is 6.37. The van der Waals surface area contributed by atoms with Gasteiger partial charge in [-0.15, -0.1) is 11.3 Å². The van der Waals surface area contributed by atoms with Gasteiger partial charge in [0, 0.05) is 7.05 Å². The van der Waals surface area contributed by atoms with Gasteiger partial charge in [-0.05, 0) is 48.6 Å². The van der Waals surface area contributed by atoms with E-state index in [1.54, 1.807) is 15.9 Å². The number of aromatic nitrogens is 3. The van der Waals surface area contributed by atoms with Crippen LogP contribution in [0.4, 0.5) is 0 Å². The zero-order valence-electron chi connectivity index (χ0n) is 13.3. The fraction of sp³-hybridized carbons (Fsp3) is 0.235. The summed E-state index contributed by atoms with van der Waals surface area (Å²) < 4.78 is 1.71. The van der Waals surface area contributed by atoms with E-state index in [2.05, 4.69) is 10.1 Å². The van der Waals surface area contributed by atoms with Crippen molar-refractivity contribution < 1.29 is 4.79 Å². The highest BCUT2D eigenvalue weighted by molar-refractivity contribution is 7.12. The average molecular weight is 326 g/mol. The Morgan fingerprint density at radius 1 is 1.26 bits per heavy atom. The van der Waals surface area contributed by atoms with Crippen LogP contribution >= 0.6 is 11.3 Å². The molecule has 0 N–H and O–H groups in total. The largest absolute Gasteiger partial charge is 0.334 e. The maximum Gasteiger partial charge on any atom is 0.264 e. The van der Waals surface area contributed by atoms with Gasteiger partial charge in [0.1, 0.15) is 12.7 Å². The minimum atomic E-state index is -0.00574. The molecule has 2 heterocycles. The van der Waals surface area contributed by atoms with Crippen LogP contribution in [0, 0.1) is 6.92 Å². The molecule has 1 amide bonds. The van der Waals surface area contributed by atoms with Crippen molar-refractivity contribution in [3.8, 4) is 5.69 Å². The predicted octanol–water partition coefficient (Wildman–Crippen LogP) is 3.47. The van der Waals surface area contributed by atoms with Gasteiger partial charge in [-0.3, -0.25) is 4.79 Å². The number of rotatable bonds is 4. The zero-order valence-corrected chi connectivity index (χ0v) is 14.1. The van der Waals surface area contributed by atoms with E-state index >= 15 is 0 Å². The molecule has 0 saturated heterocycles. The molecule has 0 radical (unpaired) electrons. The van der Waals surface area contributed by atoms with Crippen molar-refractivity contribution in [3.05, 3.63) is 64.4 Å². The summed E-state index contributed by atoms with van der Waals surface area (Å²) in [7, 11) is 1.84. The Kier molecular flexibility index (Phi) is 4.25. The number of nitrogens with zero attached hydrogens (tertiary/aromatic N) is 4. The summed E-state index contributed by atoms with van der Waals surface area (Å²) in [5.41, 5.74) is 3.06. The van der Waals surface area contributed by atoms with E-state index in [-0.39, 0.29) is 11.9 Å². The number of thiophene rings is 1. The third-order valence-electron chi connectivity index (χ3n) is 4.02. The fourth-order valence-corrected chi connectivity index (χ4v) is 3.31. The first-order valence-corrected chi connectivity index (χ1v) is 8.22. The number of amides is 1. The molecule has 6 heteroatoms. The molecule has 1 atom stereocenters. The molecule has 0 aliphatic heterocycles. The van der Waals surface area contributed by atoms with Crippen molar-refractivity contribution in [2.75, 3.05) is 7.05 Å². The average Bonchev–Trinajstić information content (AvgIpc) is 3.24. The van der Waals surface area contributed by atoms with Crippen molar-refractivity contribution in [2.45, 2.75) is 19.9 Å². The van der Waals surface area contributed by atoms with E-state index in [1.165, 1.54) is 17.7 Å². The van der Waals surface area contributed by atoms with Gasteiger partial charge in [0.05, 0.1) is 16.6 Å². The lowest BCUT2D eigenvalue weighted by molar-refractivity contribution is 0.0747. The Morgan fingerprint density at radius 3 is 2.57 bits per heavy atom. The topological polar surface area (TPSA) is 51.0 Å². The van der Waals surface area contributed by atoms with Crippen molar-refractivity contribution in [2.24, 2.45) is 0 Å². The van der Waals surface area contributed by atoms with Crippen LogP contribution in [0.15, 0.2) is 48.4 Å². The summed E-state index contributed by atoms with van der Waals surface area (Å²) in [6.07, 6.45) is 3.17. The van der Waals surface area contributed by atoms with Crippen LogP contribution in [-0.4, -0.2) is 32.6 Å². The summed E-state index contributed by atoms with van der Waals surface area (Å²) in [5, 5.41) is 6.06. The van der Waals surface area contributed by atoms with Crippen LogP contribution in [0.5, 0.6) is 0 Å². The summed E-state index contributed by atoms with van der Waals surface area (Å²) in [6.45, 7) is 4.00. The normalized spacial score (nSPS) is 12.1. The van der Waals surface area contributed by atoms with Gasteiger partial charge in [-0.25, -0.2) is 9.67 Å². The SMILES string of the molecule is Cc1ccsc1C(=O)N(C)C(C)c1ccc(-n2cncn2)cc1.